The minimum Gasteiger partial charge on any atom is -0.481 e. The molecular formula is C11H17F3N2O4. The highest BCUT2D eigenvalue weighted by Crippen LogP contribution is 2.19. The zero-order valence-electron chi connectivity index (χ0n) is 11.0. The van der Waals surface area contributed by atoms with Crippen molar-refractivity contribution in [1.29, 1.82) is 0 Å². The molecule has 0 aromatic carbocycles. The Balaban J connectivity index is 2.76. The minimum absolute atomic E-state index is 0.0155. The molecule has 6 nitrogen and oxygen atoms in total. The van der Waals surface area contributed by atoms with Crippen molar-refractivity contribution in [3.05, 3.63) is 0 Å². The van der Waals surface area contributed by atoms with Gasteiger partial charge in [0.1, 0.15) is 6.54 Å². The maximum Gasteiger partial charge on any atom is 0.406 e. The molecule has 0 spiro atoms. The summed E-state index contributed by atoms with van der Waals surface area (Å²) in [4.78, 5) is 24.6. The number of carboxylic acids is 1. The Hall–Kier alpha value is -1.51. The lowest BCUT2D eigenvalue weighted by atomic mass is 10.1. The van der Waals surface area contributed by atoms with Crippen molar-refractivity contribution in [2.24, 2.45) is 0 Å². The number of aliphatic carboxylic acids is 1. The number of hydrogen-bond donors (Lipinski definition) is 1. The van der Waals surface area contributed by atoms with E-state index in [-0.39, 0.29) is 32.7 Å². The standard InChI is InChI=1S/C11H17F3N2O4/c1-2-15(7-11(12,13)14)10(19)16-3-4-20-6-8(16)5-9(17)18/h8H,2-7H2,1H3,(H,17,18). The number of alkyl halides is 3. The third-order valence-corrected chi connectivity index (χ3v) is 2.91. The Labute approximate surface area is 114 Å². The Morgan fingerprint density at radius 1 is 1.45 bits per heavy atom. The summed E-state index contributed by atoms with van der Waals surface area (Å²) in [6, 6.07) is -1.55. The van der Waals surface area contributed by atoms with Gasteiger partial charge in [0.15, 0.2) is 0 Å². The molecule has 1 atom stereocenters. The van der Waals surface area contributed by atoms with Gasteiger partial charge in [-0.25, -0.2) is 4.79 Å². The number of carbonyl (C=O) groups is 2. The van der Waals surface area contributed by atoms with Gasteiger partial charge >= 0.3 is 18.2 Å². The number of morpholine rings is 1. The van der Waals surface area contributed by atoms with Gasteiger partial charge in [0.05, 0.1) is 25.7 Å². The van der Waals surface area contributed by atoms with Crippen LogP contribution in [0.3, 0.4) is 0 Å². The molecule has 1 aliphatic heterocycles. The summed E-state index contributed by atoms with van der Waals surface area (Å²) in [5, 5.41) is 8.76. The highest BCUT2D eigenvalue weighted by Gasteiger charge is 2.37. The van der Waals surface area contributed by atoms with E-state index in [0.29, 0.717) is 4.90 Å². The van der Waals surface area contributed by atoms with Crippen molar-refractivity contribution >= 4 is 12.0 Å². The van der Waals surface area contributed by atoms with Crippen LogP contribution < -0.4 is 0 Å². The van der Waals surface area contributed by atoms with E-state index >= 15 is 0 Å². The lowest BCUT2D eigenvalue weighted by molar-refractivity contribution is -0.144. The van der Waals surface area contributed by atoms with Crippen molar-refractivity contribution in [2.45, 2.75) is 25.6 Å². The third-order valence-electron chi connectivity index (χ3n) is 2.91. The molecule has 1 fully saturated rings. The van der Waals surface area contributed by atoms with Gasteiger partial charge in [0.2, 0.25) is 0 Å². The Kier molecular flexibility index (Phi) is 5.61. The summed E-state index contributed by atoms with van der Waals surface area (Å²) < 4.78 is 42.3. The van der Waals surface area contributed by atoms with Crippen LogP contribution in [0.4, 0.5) is 18.0 Å². The highest BCUT2D eigenvalue weighted by atomic mass is 19.4. The average Bonchev–Trinajstić information content (AvgIpc) is 2.34. The van der Waals surface area contributed by atoms with Crippen molar-refractivity contribution in [2.75, 3.05) is 32.8 Å². The molecule has 1 saturated heterocycles. The molecule has 1 unspecified atom stereocenters. The maximum absolute atomic E-state index is 12.4. The van der Waals surface area contributed by atoms with Crippen LogP contribution in [0.25, 0.3) is 0 Å². The smallest absolute Gasteiger partial charge is 0.406 e. The van der Waals surface area contributed by atoms with Crippen LogP contribution in [0.15, 0.2) is 0 Å². The van der Waals surface area contributed by atoms with Crippen LogP contribution in [0.1, 0.15) is 13.3 Å². The number of hydrogen-bond acceptors (Lipinski definition) is 3. The molecule has 9 heteroatoms. The van der Waals surface area contributed by atoms with Crippen LogP contribution in [-0.4, -0.2) is 72.0 Å². The fourth-order valence-corrected chi connectivity index (χ4v) is 1.99. The third kappa shape index (κ3) is 4.87. The normalized spacial score (nSPS) is 19.8. The molecule has 20 heavy (non-hydrogen) atoms. The molecule has 0 bridgehead atoms. The second kappa shape index (κ2) is 6.78. The van der Waals surface area contributed by atoms with E-state index in [2.05, 4.69) is 0 Å². The zero-order chi connectivity index (χ0) is 15.3. The number of halogens is 3. The summed E-state index contributed by atoms with van der Waals surface area (Å²) in [7, 11) is 0. The number of rotatable bonds is 4. The van der Waals surface area contributed by atoms with Gasteiger partial charge in [0.25, 0.3) is 0 Å². The quantitative estimate of drug-likeness (QED) is 0.845. The maximum atomic E-state index is 12.4. The van der Waals surface area contributed by atoms with Crippen molar-refractivity contribution in [1.82, 2.24) is 9.80 Å². The van der Waals surface area contributed by atoms with E-state index in [9.17, 15) is 22.8 Å². The SMILES string of the molecule is CCN(CC(F)(F)F)C(=O)N1CCOCC1CC(=O)O. The second-order valence-electron chi connectivity index (χ2n) is 4.43. The second-order valence-corrected chi connectivity index (χ2v) is 4.43. The first-order chi connectivity index (χ1) is 9.24. The van der Waals surface area contributed by atoms with Crippen LogP contribution in [0.5, 0.6) is 0 Å². The summed E-state index contributed by atoms with van der Waals surface area (Å²) in [6.07, 6.45) is -4.84. The fourth-order valence-electron chi connectivity index (χ4n) is 1.99. The molecule has 0 aliphatic carbocycles. The van der Waals surface area contributed by atoms with Gasteiger partial charge in [-0.1, -0.05) is 0 Å². The Morgan fingerprint density at radius 2 is 2.10 bits per heavy atom. The van der Waals surface area contributed by atoms with Crippen LogP contribution in [-0.2, 0) is 9.53 Å². The predicted octanol–water partition coefficient (Wildman–Crippen LogP) is 1.17. The van der Waals surface area contributed by atoms with Crippen LogP contribution >= 0.6 is 0 Å². The van der Waals surface area contributed by atoms with Gasteiger partial charge in [-0.3, -0.25) is 4.79 Å². The fraction of sp³-hybridized carbons (Fsp3) is 0.818. The van der Waals surface area contributed by atoms with Crippen LogP contribution in [0, 0.1) is 0 Å². The molecule has 1 rings (SSSR count). The number of carboxylic acid groups (broad SMARTS) is 1. The lowest BCUT2D eigenvalue weighted by Gasteiger charge is -2.38. The number of nitrogens with zero attached hydrogens (tertiary/aromatic N) is 2. The average molecular weight is 298 g/mol. The van der Waals surface area contributed by atoms with Gasteiger partial charge < -0.3 is 19.6 Å². The van der Waals surface area contributed by atoms with E-state index in [1.54, 1.807) is 0 Å². The topological polar surface area (TPSA) is 70.1 Å². The molecule has 116 valence electrons. The predicted molar refractivity (Wildman–Crippen MR) is 62.3 cm³/mol. The molecule has 2 amide bonds. The zero-order valence-corrected chi connectivity index (χ0v) is 11.0. The summed E-state index contributed by atoms with van der Waals surface area (Å²) in [5.41, 5.74) is 0. The largest absolute Gasteiger partial charge is 0.481 e. The Bertz CT molecular complexity index is 362. The first-order valence-electron chi connectivity index (χ1n) is 6.16. The number of carbonyl (C=O) groups excluding carboxylic acids is 1. The number of urea groups is 1. The number of ether oxygens (including phenoxy) is 1. The lowest BCUT2D eigenvalue weighted by Crippen LogP contribution is -2.55. The minimum atomic E-state index is -4.49. The first kappa shape index (κ1) is 16.5. The van der Waals surface area contributed by atoms with E-state index < -0.39 is 30.8 Å². The van der Waals surface area contributed by atoms with Gasteiger partial charge in [0, 0.05) is 13.1 Å². The van der Waals surface area contributed by atoms with Crippen LogP contribution in [0.2, 0.25) is 0 Å². The summed E-state index contributed by atoms with van der Waals surface area (Å²) in [6.45, 7) is 0.281. The molecule has 0 saturated carbocycles. The molecule has 1 N–H and O–H groups in total. The van der Waals surface area contributed by atoms with E-state index in [4.69, 9.17) is 9.84 Å². The molecule has 0 aromatic heterocycles. The summed E-state index contributed by atoms with van der Waals surface area (Å²) in [5.74, 6) is -1.13. The monoisotopic (exact) mass is 298 g/mol. The summed E-state index contributed by atoms with van der Waals surface area (Å²) >= 11 is 0. The van der Waals surface area contributed by atoms with E-state index in [1.807, 2.05) is 0 Å². The molecule has 0 radical (unpaired) electrons. The van der Waals surface area contributed by atoms with Crippen molar-refractivity contribution < 1.29 is 32.6 Å². The van der Waals surface area contributed by atoms with Gasteiger partial charge in [-0.15, -0.1) is 0 Å². The highest BCUT2D eigenvalue weighted by molar-refractivity contribution is 5.76. The van der Waals surface area contributed by atoms with Gasteiger partial charge in [-0.05, 0) is 6.92 Å². The molecular weight excluding hydrogens is 281 g/mol. The molecule has 1 aliphatic rings. The molecule has 1 heterocycles. The van der Waals surface area contributed by atoms with Crippen molar-refractivity contribution in [3.63, 3.8) is 0 Å². The number of amides is 2. The van der Waals surface area contributed by atoms with Crippen molar-refractivity contribution in [3.8, 4) is 0 Å². The first-order valence-corrected chi connectivity index (χ1v) is 6.16. The Morgan fingerprint density at radius 3 is 2.60 bits per heavy atom. The van der Waals surface area contributed by atoms with Gasteiger partial charge in [-0.2, -0.15) is 13.2 Å². The van der Waals surface area contributed by atoms with E-state index in [0.717, 1.165) is 4.90 Å². The molecule has 0 aromatic rings. The van der Waals surface area contributed by atoms with E-state index in [1.165, 1.54) is 6.92 Å².